The van der Waals surface area contributed by atoms with E-state index in [1.54, 1.807) is 31.2 Å². The Labute approximate surface area is 108 Å². The minimum atomic E-state index is -3.14. The first-order chi connectivity index (χ1) is 8.49. The number of carbonyl (C=O) groups excluding carboxylic acids is 1. The molecular formula is C13H17NO3S. The van der Waals surface area contributed by atoms with Crippen LogP contribution >= 0.6 is 0 Å². The maximum absolute atomic E-state index is 11.6. The summed E-state index contributed by atoms with van der Waals surface area (Å²) in [4.78, 5) is 11.3. The Morgan fingerprint density at radius 3 is 2.44 bits per heavy atom. The Kier molecular flexibility index (Phi) is 5.09. The van der Waals surface area contributed by atoms with Gasteiger partial charge in [-0.15, -0.1) is 0 Å². The normalized spacial score (nSPS) is 10.9. The van der Waals surface area contributed by atoms with E-state index in [-0.39, 0.29) is 11.7 Å². The number of nitrogens with one attached hydrogen (secondary N) is 1. The number of hydrogen-bond donors (Lipinski definition) is 1. The lowest BCUT2D eigenvalue weighted by atomic mass is 10.1. The largest absolute Gasteiger partial charge is 0.352 e. The van der Waals surface area contributed by atoms with Gasteiger partial charge in [-0.2, -0.15) is 0 Å². The van der Waals surface area contributed by atoms with Gasteiger partial charge in [-0.05, 0) is 30.2 Å². The second-order valence-electron chi connectivity index (χ2n) is 3.79. The van der Waals surface area contributed by atoms with E-state index in [9.17, 15) is 13.2 Å². The Hall–Kier alpha value is -1.62. The van der Waals surface area contributed by atoms with Crippen LogP contribution < -0.4 is 5.32 Å². The van der Waals surface area contributed by atoms with Crippen molar-refractivity contribution in [3.8, 4) is 0 Å². The van der Waals surface area contributed by atoms with Crippen LogP contribution in [0.1, 0.15) is 12.5 Å². The molecule has 0 saturated carbocycles. The summed E-state index contributed by atoms with van der Waals surface area (Å²) >= 11 is 0. The molecule has 18 heavy (non-hydrogen) atoms. The second-order valence-corrected chi connectivity index (χ2v) is 6.07. The molecule has 0 aromatic heterocycles. The molecule has 1 aromatic carbocycles. The molecule has 0 fully saturated rings. The highest BCUT2D eigenvalue weighted by atomic mass is 32.2. The molecule has 1 N–H and O–H groups in total. The van der Waals surface area contributed by atoms with Crippen LogP contribution in [0.4, 0.5) is 0 Å². The molecule has 1 aromatic rings. The second kappa shape index (κ2) is 6.35. The molecule has 0 aliphatic heterocycles. The number of benzene rings is 1. The topological polar surface area (TPSA) is 63.2 Å². The predicted molar refractivity (Wildman–Crippen MR) is 71.1 cm³/mol. The van der Waals surface area contributed by atoms with Gasteiger partial charge in [-0.3, -0.25) is 4.79 Å². The lowest BCUT2D eigenvalue weighted by Gasteiger charge is -2.05. The minimum Gasteiger partial charge on any atom is -0.352 e. The van der Waals surface area contributed by atoms with Gasteiger partial charge in [0.25, 0.3) is 0 Å². The van der Waals surface area contributed by atoms with E-state index < -0.39 is 9.84 Å². The predicted octanol–water partition coefficient (Wildman–Crippen LogP) is 1.32. The van der Waals surface area contributed by atoms with Crippen molar-refractivity contribution in [2.45, 2.75) is 18.2 Å². The molecule has 0 spiro atoms. The van der Waals surface area contributed by atoms with E-state index in [4.69, 9.17) is 0 Å². The molecule has 0 unspecified atom stereocenters. The van der Waals surface area contributed by atoms with E-state index in [0.29, 0.717) is 17.9 Å². The third kappa shape index (κ3) is 4.00. The Morgan fingerprint density at radius 2 is 1.94 bits per heavy atom. The molecule has 1 rings (SSSR count). The van der Waals surface area contributed by atoms with Crippen molar-refractivity contribution in [3.05, 3.63) is 42.5 Å². The van der Waals surface area contributed by atoms with E-state index in [1.165, 1.54) is 6.08 Å². The fraction of sp³-hybridized carbons (Fsp3) is 0.308. The number of sulfone groups is 1. The Morgan fingerprint density at radius 1 is 1.33 bits per heavy atom. The van der Waals surface area contributed by atoms with Crippen LogP contribution in [0, 0.1) is 0 Å². The zero-order valence-corrected chi connectivity index (χ0v) is 11.2. The Balaban J connectivity index is 2.61. The van der Waals surface area contributed by atoms with Crippen LogP contribution in [0.5, 0.6) is 0 Å². The standard InChI is InChI=1S/C13H17NO3S/c1-3-13(15)14-10-9-11-5-7-12(8-6-11)18(16,17)4-2/h3,5-8H,1,4,9-10H2,2H3,(H,14,15). The van der Waals surface area contributed by atoms with Crippen molar-refractivity contribution in [2.75, 3.05) is 12.3 Å². The molecule has 1 amide bonds. The van der Waals surface area contributed by atoms with Gasteiger partial charge >= 0.3 is 0 Å². The van der Waals surface area contributed by atoms with Gasteiger partial charge in [0.15, 0.2) is 9.84 Å². The molecule has 0 radical (unpaired) electrons. The zero-order valence-electron chi connectivity index (χ0n) is 10.3. The van der Waals surface area contributed by atoms with Crippen LogP contribution in [0.25, 0.3) is 0 Å². The summed E-state index contributed by atoms with van der Waals surface area (Å²) in [7, 11) is -3.14. The Bertz CT molecular complexity index is 518. The van der Waals surface area contributed by atoms with Crippen molar-refractivity contribution in [1.82, 2.24) is 5.32 Å². The number of amides is 1. The molecule has 0 aliphatic rings. The maximum atomic E-state index is 11.6. The highest BCUT2D eigenvalue weighted by molar-refractivity contribution is 7.91. The molecule has 5 heteroatoms. The molecule has 0 aliphatic carbocycles. The van der Waals surface area contributed by atoms with E-state index in [1.807, 2.05) is 0 Å². The van der Waals surface area contributed by atoms with Crippen molar-refractivity contribution in [2.24, 2.45) is 0 Å². The zero-order chi connectivity index (χ0) is 13.6. The van der Waals surface area contributed by atoms with Crippen LogP contribution in [0.3, 0.4) is 0 Å². The summed E-state index contributed by atoms with van der Waals surface area (Å²) in [6, 6.07) is 6.73. The van der Waals surface area contributed by atoms with Gasteiger partial charge in [-0.1, -0.05) is 25.6 Å². The monoisotopic (exact) mass is 267 g/mol. The lowest BCUT2D eigenvalue weighted by Crippen LogP contribution is -2.23. The van der Waals surface area contributed by atoms with Gasteiger partial charge in [0, 0.05) is 6.54 Å². The summed E-state index contributed by atoms with van der Waals surface area (Å²) in [5, 5.41) is 2.66. The van der Waals surface area contributed by atoms with Crippen molar-refractivity contribution >= 4 is 15.7 Å². The first kappa shape index (κ1) is 14.4. The van der Waals surface area contributed by atoms with Gasteiger partial charge in [0.05, 0.1) is 10.6 Å². The molecule has 0 bridgehead atoms. The first-order valence-corrected chi connectivity index (χ1v) is 7.37. The fourth-order valence-corrected chi connectivity index (χ4v) is 2.32. The average molecular weight is 267 g/mol. The van der Waals surface area contributed by atoms with Crippen LogP contribution in [0.2, 0.25) is 0 Å². The first-order valence-electron chi connectivity index (χ1n) is 5.71. The van der Waals surface area contributed by atoms with Crippen LogP contribution in [-0.2, 0) is 21.1 Å². The van der Waals surface area contributed by atoms with E-state index in [2.05, 4.69) is 11.9 Å². The van der Waals surface area contributed by atoms with E-state index in [0.717, 1.165) is 5.56 Å². The molecule has 0 saturated heterocycles. The maximum Gasteiger partial charge on any atom is 0.243 e. The summed E-state index contributed by atoms with van der Waals surface area (Å²) in [5.74, 6) is -0.109. The average Bonchev–Trinajstić information content (AvgIpc) is 2.39. The smallest absolute Gasteiger partial charge is 0.243 e. The fourth-order valence-electron chi connectivity index (χ4n) is 1.43. The quantitative estimate of drug-likeness (QED) is 0.791. The SMILES string of the molecule is C=CC(=O)NCCc1ccc(S(=O)(=O)CC)cc1. The van der Waals surface area contributed by atoms with E-state index >= 15 is 0 Å². The highest BCUT2D eigenvalue weighted by Crippen LogP contribution is 2.12. The molecular weight excluding hydrogens is 250 g/mol. The third-order valence-corrected chi connectivity index (χ3v) is 4.31. The van der Waals surface area contributed by atoms with Gasteiger partial charge in [0.1, 0.15) is 0 Å². The summed E-state index contributed by atoms with van der Waals surface area (Å²) in [6.45, 7) is 5.48. The molecule has 0 heterocycles. The van der Waals surface area contributed by atoms with Gasteiger partial charge in [-0.25, -0.2) is 8.42 Å². The summed E-state index contributed by atoms with van der Waals surface area (Å²) in [6.07, 6.45) is 1.88. The molecule has 98 valence electrons. The minimum absolute atomic E-state index is 0.0989. The highest BCUT2D eigenvalue weighted by Gasteiger charge is 2.10. The number of rotatable bonds is 6. The van der Waals surface area contributed by atoms with Crippen LogP contribution in [-0.4, -0.2) is 26.6 Å². The van der Waals surface area contributed by atoms with Gasteiger partial charge in [0.2, 0.25) is 5.91 Å². The number of carbonyl (C=O) groups is 1. The lowest BCUT2D eigenvalue weighted by molar-refractivity contribution is -0.116. The van der Waals surface area contributed by atoms with Crippen LogP contribution in [0.15, 0.2) is 41.8 Å². The van der Waals surface area contributed by atoms with Crippen molar-refractivity contribution in [1.29, 1.82) is 0 Å². The molecule has 0 atom stereocenters. The summed E-state index contributed by atoms with van der Waals surface area (Å²) in [5.41, 5.74) is 0.981. The van der Waals surface area contributed by atoms with Gasteiger partial charge < -0.3 is 5.32 Å². The summed E-state index contributed by atoms with van der Waals surface area (Å²) < 4.78 is 23.2. The third-order valence-electron chi connectivity index (χ3n) is 2.56. The molecule has 4 nitrogen and oxygen atoms in total. The van der Waals surface area contributed by atoms with Crippen molar-refractivity contribution < 1.29 is 13.2 Å². The van der Waals surface area contributed by atoms with Crippen molar-refractivity contribution in [3.63, 3.8) is 0 Å². The number of hydrogen-bond acceptors (Lipinski definition) is 3.